The molecular weight excluding hydrogens is 248 g/mol. The van der Waals surface area contributed by atoms with Gasteiger partial charge in [0.2, 0.25) is 5.91 Å². The number of nitrogens with zero attached hydrogens (tertiary/aromatic N) is 1. The average molecular weight is 268 g/mol. The van der Waals surface area contributed by atoms with E-state index >= 15 is 0 Å². The van der Waals surface area contributed by atoms with Crippen LogP contribution in [0.3, 0.4) is 0 Å². The van der Waals surface area contributed by atoms with Crippen molar-refractivity contribution >= 4 is 5.91 Å². The molecule has 0 spiro atoms. The Kier molecular flexibility index (Phi) is 5.30. The Morgan fingerprint density at radius 1 is 1.15 bits per heavy atom. The number of pyridine rings is 1. The molecule has 0 saturated carbocycles. The summed E-state index contributed by atoms with van der Waals surface area (Å²) in [7, 11) is 0. The summed E-state index contributed by atoms with van der Waals surface area (Å²) in [4.78, 5) is 16.5. The van der Waals surface area contributed by atoms with Gasteiger partial charge in [-0.05, 0) is 24.1 Å². The molecule has 1 unspecified atom stereocenters. The molecule has 0 aliphatic heterocycles. The van der Waals surface area contributed by atoms with E-state index in [-0.39, 0.29) is 11.8 Å². The predicted octanol–water partition coefficient (Wildman–Crippen LogP) is 2.93. The zero-order valence-electron chi connectivity index (χ0n) is 11.8. The minimum Gasteiger partial charge on any atom is -0.355 e. The van der Waals surface area contributed by atoms with Gasteiger partial charge in [-0.25, -0.2) is 0 Å². The van der Waals surface area contributed by atoms with Crippen molar-refractivity contribution in [3.8, 4) is 0 Å². The fourth-order valence-corrected chi connectivity index (χ4v) is 2.24. The first-order valence-corrected chi connectivity index (χ1v) is 7.04. The van der Waals surface area contributed by atoms with E-state index in [0.29, 0.717) is 6.54 Å². The molecule has 1 heterocycles. The third-order valence-corrected chi connectivity index (χ3v) is 3.33. The standard InChI is InChI=1S/C17H20N2O/c1-2-16(14-8-4-3-5-9-14)17(20)19-13-11-15-10-6-7-12-18-15/h3-10,12,16H,2,11,13H2,1H3,(H,19,20). The van der Waals surface area contributed by atoms with Gasteiger partial charge in [0.15, 0.2) is 0 Å². The second-order valence-electron chi connectivity index (χ2n) is 4.73. The Morgan fingerprint density at radius 3 is 2.55 bits per heavy atom. The lowest BCUT2D eigenvalue weighted by Gasteiger charge is -2.15. The van der Waals surface area contributed by atoms with Gasteiger partial charge in [0.1, 0.15) is 0 Å². The van der Waals surface area contributed by atoms with Crippen molar-refractivity contribution in [3.63, 3.8) is 0 Å². The van der Waals surface area contributed by atoms with Gasteiger partial charge in [0, 0.05) is 24.9 Å². The van der Waals surface area contributed by atoms with Crippen molar-refractivity contribution in [2.45, 2.75) is 25.7 Å². The molecule has 3 nitrogen and oxygen atoms in total. The maximum absolute atomic E-state index is 12.2. The zero-order valence-corrected chi connectivity index (χ0v) is 11.8. The third kappa shape index (κ3) is 3.92. The van der Waals surface area contributed by atoms with Gasteiger partial charge in [-0.15, -0.1) is 0 Å². The van der Waals surface area contributed by atoms with Crippen LogP contribution in [0.25, 0.3) is 0 Å². The number of carbonyl (C=O) groups excluding carboxylic acids is 1. The van der Waals surface area contributed by atoms with Crippen molar-refractivity contribution < 1.29 is 4.79 Å². The Labute approximate surface area is 120 Å². The molecule has 1 atom stereocenters. The molecule has 1 amide bonds. The van der Waals surface area contributed by atoms with Crippen molar-refractivity contribution in [2.24, 2.45) is 0 Å². The molecule has 0 aliphatic rings. The fourth-order valence-electron chi connectivity index (χ4n) is 2.24. The number of hydrogen-bond acceptors (Lipinski definition) is 2. The second-order valence-corrected chi connectivity index (χ2v) is 4.73. The highest BCUT2D eigenvalue weighted by molar-refractivity contribution is 5.83. The lowest BCUT2D eigenvalue weighted by molar-refractivity contribution is -0.122. The summed E-state index contributed by atoms with van der Waals surface area (Å²) in [6.07, 6.45) is 3.34. The van der Waals surface area contributed by atoms with Crippen LogP contribution >= 0.6 is 0 Å². The normalized spacial score (nSPS) is 11.8. The summed E-state index contributed by atoms with van der Waals surface area (Å²) in [5, 5.41) is 3.00. The monoisotopic (exact) mass is 268 g/mol. The number of hydrogen-bond donors (Lipinski definition) is 1. The lowest BCUT2D eigenvalue weighted by Crippen LogP contribution is -2.30. The van der Waals surface area contributed by atoms with Crippen LogP contribution in [0.15, 0.2) is 54.7 Å². The number of nitrogens with one attached hydrogen (secondary N) is 1. The summed E-state index contributed by atoms with van der Waals surface area (Å²) >= 11 is 0. The van der Waals surface area contributed by atoms with E-state index in [0.717, 1.165) is 24.1 Å². The first-order valence-electron chi connectivity index (χ1n) is 7.04. The molecule has 1 aromatic carbocycles. The van der Waals surface area contributed by atoms with E-state index in [4.69, 9.17) is 0 Å². The van der Waals surface area contributed by atoms with Crippen LogP contribution in [-0.2, 0) is 11.2 Å². The molecular formula is C17H20N2O. The molecule has 0 aliphatic carbocycles. The smallest absolute Gasteiger partial charge is 0.227 e. The van der Waals surface area contributed by atoms with Crippen LogP contribution < -0.4 is 5.32 Å². The van der Waals surface area contributed by atoms with Gasteiger partial charge in [0.25, 0.3) is 0 Å². The van der Waals surface area contributed by atoms with Gasteiger partial charge in [-0.2, -0.15) is 0 Å². The van der Waals surface area contributed by atoms with Crippen LogP contribution in [0, 0.1) is 0 Å². The van der Waals surface area contributed by atoms with Gasteiger partial charge in [-0.3, -0.25) is 9.78 Å². The van der Waals surface area contributed by atoms with Crippen LogP contribution in [0.1, 0.15) is 30.5 Å². The van der Waals surface area contributed by atoms with Crippen LogP contribution in [-0.4, -0.2) is 17.4 Å². The molecule has 20 heavy (non-hydrogen) atoms. The minimum atomic E-state index is -0.0695. The molecule has 0 bridgehead atoms. The quantitative estimate of drug-likeness (QED) is 0.875. The van der Waals surface area contributed by atoms with Gasteiger partial charge < -0.3 is 5.32 Å². The van der Waals surface area contributed by atoms with Crippen molar-refractivity contribution in [1.82, 2.24) is 10.3 Å². The Bertz CT molecular complexity index is 525. The highest BCUT2D eigenvalue weighted by atomic mass is 16.1. The highest BCUT2D eigenvalue weighted by Crippen LogP contribution is 2.18. The van der Waals surface area contributed by atoms with Crippen LogP contribution in [0.2, 0.25) is 0 Å². The molecule has 3 heteroatoms. The molecule has 2 aromatic rings. The van der Waals surface area contributed by atoms with Gasteiger partial charge in [0.05, 0.1) is 5.92 Å². The molecule has 1 N–H and O–H groups in total. The number of carbonyl (C=O) groups is 1. The van der Waals surface area contributed by atoms with E-state index in [2.05, 4.69) is 10.3 Å². The summed E-state index contributed by atoms with van der Waals surface area (Å²) in [5.74, 6) is 0.0227. The minimum absolute atomic E-state index is 0.0695. The Balaban J connectivity index is 1.87. The summed E-state index contributed by atoms with van der Waals surface area (Å²) in [5.41, 5.74) is 2.07. The van der Waals surface area contributed by atoms with Gasteiger partial charge in [-0.1, -0.05) is 43.3 Å². The van der Waals surface area contributed by atoms with E-state index < -0.39 is 0 Å². The number of aromatic nitrogens is 1. The summed E-state index contributed by atoms with van der Waals surface area (Å²) in [6, 6.07) is 15.8. The third-order valence-electron chi connectivity index (χ3n) is 3.33. The molecule has 0 radical (unpaired) electrons. The first kappa shape index (κ1) is 14.3. The largest absolute Gasteiger partial charge is 0.355 e. The molecule has 104 valence electrons. The second kappa shape index (κ2) is 7.43. The Morgan fingerprint density at radius 2 is 1.90 bits per heavy atom. The number of rotatable bonds is 6. The van der Waals surface area contributed by atoms with Gasteiger partial charge >= 0.3 is 0 Å². The maximum Gasteiger partial charge on any atom is 0.227 e. The number of benzene rings is 1. The SMILES string of the molecule is CCC(C(=O)NCCc1ccccn1)c1ccccc1. The molecule has 0 saturated heterocycles. The van der Waals surface area contributed by atoms with Crippen LogP contribution in [0.5, 0.6) is 0 Å². The van der Waals surface area contributed by atoms with Crippen LogP contribution in [0.4, 0.5) is 0 Å². The summed E-state index contributed by atoms with van der Waals surface area (Å²) in [6.45, 7) is 2.66. The molecule has 1 aromatic heterocycles. The van der Waals surface area contributed by atoms with E-state index in [9.17, 15) is 4.79 Å². The molecule has 0 fully saturated rings. The predicted molar refractivity (Wildman–Crippen MR) is 80.4 cm³/mol. The first-order chi connectivity index (χ1) is 9.81. The average Bonchev–Trinajstić information content (AvgIpc) is 2.50. The number of amides is 1. The van der Waals surface area contributed by atoms with Crippen molar-refractivity contribution in [3.05, 3.63) is 66.0 Å². The highest BCUT2D eigenvalue weighted by Gasteiger charge is 2.17. The zero-order chi connectivity index (χ0) is 14.2. The van der Waals surface area contributed by atoms with Crippen molar-refractivity contribution in [1.29, 1.82) is 0 Å². The maximum atomic E-state index is 12.2. The Hall–Kier alpha value is -2.16. The fraction of sp³-hybridized carbons (Fsp3) is 0.294. The topological polar surface area (TPSA) is 42.0 Å². The molecule has 2 rings (SSSR count). The van der Waals surface area contributed by atoms with E-state index in [1.165, 1.54) is 0 Å². The summed E-state index contributed by atoms with van der Waals surface area (Å²) < 4.78 is 0. The van der Waals surface area contributed by atoms with Crippen molar-refractivity contribution in [2.75, 3.05) is 6.54 Å². The van der Waals surface area contributed by atoms with E-state index in [1.807, 2.05) is 55.5 Å². The van der Waals surface area contributed by atoms with E-state index in [1.54, 1.807) is 6.20 Å². The lowest BCUT2D eigenvalue weighted by atomic mass is 9.95.